The second-order valence-corrected chi connectivity index (χ2v) is 7.10. The van der Waals surface area contributed by atoms with Gasteiger partial charge in [-0.2, -0.15) is 0 Å². The van der Waals surface area contributed by atoms with E-state index in [1.807, 2.05) is 18.2 Å². The summed E-state index contributed by atoms with van der Waals surface area (Å²) in [6.45, 7) is 3.22. The highest BCUT2D eigenvalue weighted by atomic mass is 19.1. The fraction of sp³-hybridized carbons (Fsp3) is 0.409. The molecular formula is C22H26FN3O3. The van der Waals surface area contributed by atoms with Crippen molar-refractivity contribution in [3.05, 3.63) is 65.7 Å². The van der Waals surface area contributed by atoms with Gasteiger partial charge >= 0.3 is 6.09 Å². The van der Waals surface area contributed by atoms with Crippen LogP contribution in [0.4, 0.5) is 9.18 Å². The van der Waals surface area contributed by atoms with Gasteiger partial charge < -0.3 is 15.0 Å². The maximum atomic E-state index is 13.4. The minimum Gasteiger partial charge on any atom is -0.450 e. The Balaban J connectivity index is 1.65. The van der Waals surface area contributed by atoms with Gasteiger partial charge in [0.15, 0.2) is 0 Å². The lowest BCUT2D eigenvalue weighted by atomic mass is 9.92. The lowest BCUT2D eigenvalue weighted by Gasteiger charge is -2.32. The Morgan fingerprint density at radius 2 is 1.93 bits per heavy atom. The number of carbonyl (C=O) groups excluding carboxylic acids is 2. The maximum absolute atomic E-state index is 13.4. The SMILES string of the molecule is CCOC(=O)N1CCC(NC(=O)C(Cc2ccccn2)c2ccc(F)cc2)CC1. The number of pyridine rings is 1. The summed E-state index contributed by atoms with van der Waals surface area (Å²) in [5.74, 6) is -0.914. The molecule has 7 heteroatoms. The van der Waals surface area contributed by atoms with Gasteiger partial charge in [-0.25, -0.2) is 9.18 Å². The second-order valence-electron chi connectivity index (χ2n) is 7.10. The smallest absolute Gasteiger partial charge is 0.409 e. The first kappa shape index (κ1) is 20.8. The van der Waals surface area contributed by atoms with Gasteiger partial charge in [-0.3, -0.25) is 9.78 Å². The zero-order valence-electron chi connectivity index (χ0n) is 16.5. The van der Waals surface area contributed by atoms with E-state index in [0.29, 0.717) is 39.0 Å². The third-order valence-corrected chi connectivity index (χ3v) is 5.10. The number of halogens is 1. The Labute approximate surface area is 170 Å². The fourth-order valence-corrected chi connectivity index (χ4v) is 3.51. The molecule has 154 valence electrons. The van der Waals surface area contributed by atoms with Gasteiger partial charge in [-0.05, 0) is 49.6 Å². The standard InChI is InChI=1S/C22H26FN3O3/c1-2-29-22(28)26-13-10-18(11-14-26)25-21(27)20(15-19-5-3-4-12-24-19)16-6-8-17(23)9-7-16/h3-9,12,18,20H,2,10-11,13-15H2,1H3,(H,25,27). The molecule has 1 aliphatic heterocycles. The number of carbonyl (C=O) groups is 2. The van der Waals surface area contributed by atoms with Crippen LogP contribution in [0.25, 0.3) is 0 Å². The Morgan fingerprint density at radius 3 is 2.55 bits per heavy atom. The zero-order chi connectivity index (χ0) is 20.6. The number of hydrogen-bond acceptors (Lipinski definition) is 4. The van der Waals surface area contributed by atoms with Crippen LogP contribution in [0.2, 0.25) is 0 Å². The van der Waals surface area contributed by atoms with E-state index in [-0.39, 0.29) is 23.9 Å². The summed E-state index contributed by atoms with van der Waals surface area (Å²) in [4.78, 5) is 30.9. The molecule has 6 nitrogen and oxygen atoms in total. The number of ether oxygens (including phenoxy) is 1. The van der Waals surface area contributed by atoms with Gasteiger partial charge in [0, 0.05) is 37.4 Å². The average molecular weight is 399 g/mol. The normalized spacial score (nSPS) is 15.6. The van der Waals surface area contributed by atoms with Gasteiger partial charge in [0.05, 0.1) is 12.5 Å². The third-order valence-electron chi connectivity index (χ3n) is 5.10. The summed E-state index contributed by atoms with van der Waals surface area (Å²) in [5, 5.41) is 3.10. The van der Waals surface area contributed by atoms with Crippen molar-refractivity contribution >= 4 is 12.0 Å². The monoisotopic (exact) mass is 399 g/mol. The van der Waals surface area contributed by atoms with E-state index in [0.717, 1.165) is 11.3 Å². The third kappa shape index (κ3) is 5.76. The van der Waals surface area contributed by atoms with Crippen LogP contribution in [-0.4, -0.2) is 47.6 Å². The number of amides is 2. The summed E-state index contributed by atoms with van der Waals surface area (Å²) in [6, 6.07) is 11.6. The molecule has 1 aliphatic rings. The van der Waals surface area contributed by atoms with E-state index in [1.165, 1.54) is 12.1 Å². The van der Waals surface area contributed by atoms with E-state index in [1.54, 1.807) is 30.2 Å². The van der Waals surface area contributed by atoms with Crippen LogP contribution in [0.15, 0.2) is 48.7 Å². The summed E-state index contributed by atoms with van der Waals surface area (Å²) in [6.07, 6.45) is 3.16. The minimum atomic E-state index is -0.464. The number of likely N-dealkylation sites (tertiary alicyclic amines) is 1. The van der Waals surface area contributed by atoms with Crippen LogP contribution in [0.5, 0.6) is 0 Å². The number of benzene rings is 1. The molecular weight excluding hydrogens is 373 g/mol. The predicted octanol–water partition coefficient (Wildman–Crippen LogP) is 3.28. The van der Waals surface area contributed by atoms with Crippen molar-refractivity contribution in [2.24, 2.45) is 0 Å². The lowest BCUT2D eigenvalue weighted by molar-refractivity contribution is -0.123. The molecule has 1 unspecified atom stereocenters. The number of rotatable bonds is 6. The van der Waals surface area contributed by atoms with Gasteiger partial charge in [0.25, 0.3) is 0 Å². The molecule has 2 heterocycles. The van der Waals surface area contributed by atoms with Crippen LogP contribution >= 0.6 is 0 Å². The van der Waals surface area contributed by atoms with E-state index in [2.05, 4.69) is 10.3 Å². The van der Waals surface area contributed by atoms with Crippen molar-refractivity contribution in [3.8, 4) is 0 Å². The Bertz CT molecular complexity index is 806. The molecule has 2 aromatic rings. The van der Waals surface area contributed by atoms with E-state index >= 15 is 0 Å². The van der Waals surface area contributed by atoms with E-state index < -0.39 is 5.92 Å². The number of aromatic nitrogens is 1. The molecule has 3 rings (SSSR count). The van der Waals surface area contributed by atoms with Crippen molar-refractivity contribution < 1.29 is 18.7 Å². The molecule has 2 amide bonds. The van der Waals surface area contributed by atoms with Gasteiger partial charge in [0.2, 0.25) is 5.91 Å². The van der Waals surface area contributed by atoms with Crippen molar-refractivity contribution in [2.75, 3.05) is 19.7 Å². The van der Waals surface area contributed by atoms with Crippen LogP contribution in [0.1, 0.15) is 36.9 Å². The Kier molecular flexibility index (Phi) is 7.16. The molecule has 29 heavy (non-hydrogen) atoms. The summed E-state index contributed by atoms with van der Waals surface area (Å²) in [7, 11) is 0. The Hall–Kier alpha value is -2.96. The molecule has 0 saturated carbocycles. The number of nitrogens with one attached hydrogen (secondary N) is 1. The molecule has 0 aliphatic carbocycles. The van der Waals surface area contributed by atoms with Crippen molar-refractivity contribution in [1.29, 1.82) is 0 Å². The first-order chi connectivity index (χ1) is 14.1. The molecule has 1 N–H and O–H groups in total. The molecule has 1 atom stereocenters. The molecule has 1 saturated heterocycles. The molecule has 0 spiro atoms. The number of piperidine rings is 1. The predicted molar refractivity (Wildman–Crippen MR) is 107 cm³/mol. The molecule has 0 bridgehead atoms. The number of hydrogen-bond donors (Lipinski definition) is 1. The lowest BCUT2D eigenvalue weighted by Crippen LogP contribution is -2.47. The molecule has 1 aromatic carbocycles. The van der Waals surface area contributed by atoms with E-state index in [9.17, 15) is 14.0 Å². The highest BCUT2D eigenvalue weighted by Gasteiger charge is 2.28. The molecule has 0 radical (unpaired) electrons. The van der Waals surface area contributed by atoms with Crippen LogP contribution in [0, 0.1) is 5.82 Å². The minimum absolute atomic E-state index is 0.0140. The first-order valence-electron chi connectivity index (χ1n) is 9.94. The summed E-state index contributed by atoms with van der Waals surface area (Å²) >= 11 is 0. The highest BCUT2D eigenvalue weighted by Crippen LogP contribution is 2.22. The average Bonchev–Trinajstić information content (AvgIpc) is 2.74. The summed E-state index contributed by atoms with van der Waals surface area (Å²) < 4.78 is 18.4. The maximum Gasteiger partial charge on any atom is 0.409 e. The largest absolute Gasteiger partial charge is 0.450 e. The molecule has 1 fully saturated rings. The Morgan fingerprint density at radius 1 is 1.21 bits per heavy atom. The first-order valence-corrected chi connectivity index (χ1v) is 9.94. The second kappa shape index (κ2) is 10.0. The van der Waals surface area contributed by atoms with Gasteiger partial charge in [0.1, 0.15) is 5.82 Å². The van der Waals surface area contributed by atoms with Gasteiger partial charge in [-0.15, -0.1) is 0 Å². The number of nitrogens with zero attached hydrogens (tertiary/aromatic N) is 2. The van der Waals surface area contributed by atoms with Crippen molar-refractivity contribution in [1.82, 2.24) is 15.2 Å². The van der Waals surface area contributed by atoms with E-state index in [4.69, 9.17) is 4.74 Å². The topological polar surface area (TPSA) is 71.5 Å². The quantitative estimate of drug-likeness (QED) is 0.809. The van der Waals surface area contributed by atoms with Crippen LogP contribution in [-0.2, 0) is 16.0 Å². The molecule has 1 aromatic heterocycles. The van der Waals surface area contributed by atoms with Crippen molar-refractivity contribution in [2.45, 2.75) is 38.1 Å². The fourth-order valence-electron chi connectivity index (χ4n) is 3.51. The van der Waals surface area contributed by atoms with Crippen LogP contribution < -0.4 is 5.32 Å². The van der Waals surface area contributed by atoms with Crippen molar-refractivity contribution in [3.63, 3.8) is 0 Å². The zero-order valence-corrected chi connectivity index (χ0v) is 16.5. The highest BCUT2D eigenvalue weighted by molar-refractivity contribution is 5.84. The van der Waals surface area contributed by atoms with Gasteiger partial charge in [-0.1, -0.05) is 18.2 Å². The van der Waals surface area contributed by atoms with Crippen LogP contribution in [0.3, 0.4) is 0 Å². The summed E-state index contributed by atoms with van der Waals surface area (Å²) in [5.41, 5.74) is 1.55.